The maximum Gasteiger partial charge on any atom is 0.260 e. The fraction of sp³-hybridized carbons (Fsp3) is 0.357. The molecule has 0 aliphatic rings. The first-order chi connectivity index (χ1) is 8.96. The molecule has 102 valence electrons. The Hall–Kier alpha value is -1.33. The van der Waals surface area contributed by atoms with Gasteiger partial charge in [0.05, 0.1) is 11.1 Å². The molecule has 0 atom stereocenters. The van der Waals surface area contributed by atoms with Crippen LogP contribution in [0.15, 0.2) is 45.2 Å². The first-order valence-corrected chi connectivity index (χ1v) is 6.87. The molecule has 3 nitrogen and oxygen atoms in total. The van der Waals surface area contributed by atoms with E-state index >= 15 is 0 Å². The van der Waals surface area contributed by atoms with Gasteiger partial charge in [-0.1, -0.05) is 12.1 Å². The van der Waals surface area contributed by atoms with E-state index in [0.29, 0.717) is 16.7 Å². The number of nitrogens with one attached hydrogen (secondary N) is 1. The van der Waals surface area contributed by atoms with Crippen molar-refractivity contribution in [1.29, 1.82) is 0 Å². The van der Waals surface area contributed by atoms with Gasteiger partial charge in [-0.2, -0.15) is 0 Å². The van der Waals surface area contributed by atoms with Crippen LogP contribution in [0.2, 0.25) is 0 Å². The van der Waals surface area contributed by atoms with Crippen molar-refractivity contribution in [2.45, 2.75) is 43.0 Å². The molecule has 0 radical (unpaired) electrons. The minimum atomic E-state index is -0.253. The Morgan fingerprint density at radius 2 is 2.16 bits per heavy atom. The van der Waals surface area contributed by atoms with Crippen LogP contribution in [0.5, 0.6) is 0 Å². The van der Waals surface area contributed by atoms with E-state index < -0.39 is 0 Å². The van der Waals surface area contributed by atoms with E-state index in [9.17, 15) is 4.39 Å². The predicted octanol–water partition coefficient (Wildman–Crippen LogP) is 3.85. The Balaban J connectivity index is 2.21. The van der Waals surface area contributed by atoms with Gasteiger partial charge in [-0.25, -0.2) is 9.37 Å². The summed E-state index contributed by atoms with van der Waals surface area (Å²) < 4.78 is 19.1. The topological polar surface area (TPSA) is 38.1 Å². The molecule has 0 spiro atoms. The highest BCUT2D eigenvalue weighted by molar-refractivity contribution is 7.99. The highest BCUT2D eigenvalue weighted by atomic mass is 32.2. The lowest BCUT2D eigenvalue weighted by molar-refractivity contribution is 0.420. The monoisotopic (exact) mass is 280 g/mol. The van der Waals surface area contributed by atoms with Crippen LogP contribution in [-0.2, 0) is 6.54 Å². The van der Waals surface area contributed by atoms with Gasteiger partial charge in [-0.3, -0.25) is 0 Å². The van der Waals surface area contributed by atoms with Gasteiger partial charge in [0, 0.05) is 12.1 Å². The largest absolute Gasteiger partial charge is 0.440 e. The number of nitrogens with zero attached hydrogens (tertiary/aromatic N) is 1. The van der Waals surface area contributed by atoms with Crippen LogP contribution in [0.3, 0.4) is 0 Å². The number of benzene rings is 1. The first-order valence-electron chi connectivity index (χ1n) is 6.05. The van der Waals surface area contributed by atoms with Crippen molar-refractivity contribution in [2.75, 3.05) is 0 Å². The van der Waals surface area contributed by atoms with Crippen LogP contribution < -0.4 is 5.32 Å². The van der Waals surface area contributed by atoms with Gasteiger partial charge in [0.1, 0.15) is 12.1 Å². The molecule has 0 fully saturated rings. The normalized spacial score (nSPS) is 11.8. The number of aromatic nitrogens is 1. The summed E-state index contributed by atoms with van der Waals surface area (Å²) in [6, 6.07) is 5.08. The smallest absolute Gasteiger partial charge is 0.260 e. The van der Waals surface area contributed by atoms with Crippen LogP contribution in [0.4, 0.5) is 4.39 Å². The van der Waals surface area contributed by atoms with Gasteiger partial charge in [-0.15, -0.1) is 0 Å². The molecule has 0 aliphatic carbocycles. The fourth-order valence-electron chi connectivity index (χ4n) is 1.52. The summed E-state index contributed by atoms with van der Waals surface area (Å²) in [4.78, 5) is 4.57. The van der Waals surface area contributed by atoms with Gasteiger partial charge in [0.15, 0.2) is 0 Å². The summed E-state index contributed by atoms with van der Waals surface area (Å²) >= 11 is 1.21. The Bertz CT molecular complexity index is 535. The molecule has 19 heavy (non-hydrogen) atoms. The second kappa shape index (κ2) is 5.75. The van der Waals surface area contributed by atoms with Crippen molar-refractivity contribution < 1.29 is 8.81 Å². The van der Waals surface area contributed by atoms with E-state index in [1.54, 1.807) is 12.3 Å². The second-order valence-corrected chi connectivity index (χ2v) is 6.19. The zero-order valence-corrected chi connectivity index (χ0v) is 12.1. The molecule has 0 saturated heterocycles. The van der Waals surface area contributed by atoms with Gasteiger partial charge < -0.3 is 9.73 Å². The molecule has 0 bridgehead atoms. The first kappa shape index (κ1) is 14.1. The highest BCUT2D eigenvalue weighted by Crippen LogP contribution is 2.31. The van der Waals surface area contributed by atoms with Gasteiger partial charge in [0.25, 0.3) is 5.22 Å². The minimum Gasteiger partial charge on any atom is -0.440 e. The maximum absolute atomic E-state index is 13.9. The van der Waals surface area contributed by atoms with Crippen molar-refractivity contribution >= 4 is 11.8 Å². The molecular formula is C14H17FN2OS. The maximum atomic E-state index is 13.9. The molecular weight excluding hydrogens is 263 g/mol. The fourth-order valence-corrected chi connectivity index (χ4v) is 2.34. The van der Waals surface area contributed by atoms with E-state index in [2.05, 4.69) is 31.1 Å². The second-order valence-electron chi connectivity index (χ2n) is 5.23. The third-order valence-corrected chi connectivity index (χ3v) is 3.49. The molecule has 0 saturated carbocycles. The highest BCUT2D eigenvalue weighted by Gasteiger charge is 2.15. The van der Waals surface area contributed by atoms with Gasteiger partial charge in [0.2, 0.25) is 0 Å². The summed E-state index contributed by atoms with van der Waals surface area (Å²) in [5.74, 6) is -0.253. The van der Waals surface area contributed by atoms with Crippen LogP contribution >= 0.6 is 11.8 Å². The van der Waals surface area contributed by atoms with Crippen LogP contribution in [0, 0.1) is 5.82 Å². The van der Waals surface area contributed by atoms with Crippen molar-refractivity contribution in [1.82, 2.24) is 10.3 Å². The quantitative estimate of drug-likeness (QED) is 0.923. The molecule has 0 aliphatic heterocycles. The standard InChI is InChI=1S/C14H17FN2OS/c1-14(2,3)17-9-10-5-4-6-11(15)12(10)19-13-16-7-8-18-13/h4-8,17H,9H2,1-3H3. The third kappa shape index (κ3) is 4.08. The van der Waals surface area contributed by atoms with Crippen molar-refractivity contribution in [3.05, 3.63) is 42.0 Å². The van der Waals surface area contributed by atoms with E-state index in [4.69, 9.17) is 4.42 Å². The molecule has 5 heteroatoms. The number of halogens is 1. The Morgan fingerprint density at radius 1 is 1.37 bits per heavy atom. The zero-order valence-electron chi connectivity index (χ0n) is 11.2. The molecule has 1 aromatic heterocycles. The molecule has 1 N–H and O–H groups in total. The average Bonchev–Trinajstić information content (AvgIpc) is 2.82. The van der Waals surface area contributed by atoms with Crippen molar-refractivity contribution in [2.24, 2.45) is 0 Å². The number of oxazole rings is 1. The molecule has 2 aromatic rings. The van der Waals surface area contributed by atoms with Crippen LogP contribution in [0.1, 0.15) is 26.3 Å². The number of hydrogen-bond acceptors (Lipinski definition) is 4. The summed E-state index contributed by atoms with van der Waals surface area (Å²) in [6.07, 6.45) is 3.03. The summed E-state index contributed by atoms with van der Waals surface area (Å²) in [6.45, 7) is 6.83. The summed E-state index contributed by atoms with van der Waals surface area (Å²) in [7, 11) is 0. The minimum absolute atomic E-state index is 0.0167. The number of hydrogen-bond donors (Lipinski definition) is 1. The summed E-state index contributed by atoms with van der Waals surface area (Å²) in [5, 5.41) is 3.80. The summed E-state index contributed by atoms with van der Waals surface area (Å²) in [5.41, 5.74) is 0.884. The zero-order chi connectivity index (χ0) is 13.9. The molecule has 1 aromatic carbocycles. The Kier molecular flexibility index (Phi) is 4.27. The van der Waals surface area contributed by atoms with Crippen LogP contribution in [-0.4, -0.2) is 10.5 Å². The predicted molar refractivity (Wildman–Crippen MR) is 73.6 cm³/mol. The van der Waals surface area contributed by atoms with Crippen molar-refractivity contribution in [3.63, 3.8) is 0 Å². The Morgan fingerprint density at radius 3 is 2.79 bits per heavy atom. The van der Waals surface area contributed by atoms with E-state index in [0.717, 1.165) is 5.56 Å². The Labute approximate surface area is 116 Å². The van der Waals surface area contributed by atoms with E-state index in [1.807, 2.05) is 6.07 Å². The van der Waals surface area contributed by atoms with Gasteiger partial charge >= 0.3 is 0 Å². The molecule has 0 amide bonds. The van der Waals surface area contributed by atoms with Gasteiger partial charge in [-0.05, 0) is 44.2 Å². The van der Waals surface area contributed by atoms with Crippen molar-refractivity contribution in [3.8, 4) is 0 Å². The third-order valence-electron chi connectivity index (χ3n) is 2.46. The lowest BCUT2D eigenvalue weighted by Crippen LogP contribution is -2.35. The lowest BCUT2D eigenvalue weighted by Gasteiger charge is -2.21. The van der Waals surface area contributed by atoms with E-state index in [-0.39, 0.29) is 11.4 Å². The SMILES string of the molecule is CC(C)(C)NCc1cccc(F)c1Sc1ncco1. The lowest BCUT2D eigenvalue weighted by atomic mass is 10.1. The van der Waals surface area contributed by atoms with Crippen LogP contribution in [0.25, 0.3) is 0 Å². The molecule has 1 heterocycles. The average molecular weight is 280 g/mol. The number of rotatable bonds is 4. The molecule has 2 rings (SSSR count). The molecule has 0 unspecified atom stereocenters. The van der Waals surface area contributed by atoms with E-state index in [1.165, 1.54) is 24.1 Å².